The number of carbonyl (C=O) groups is 3. The third-order valence-electron chi connectivity index (χ3n) is 5.54. The number of halogens is 1. The van der Waals surface area contributed by atoms with Crippen LogP contribution >= 0.6 is 11.6 Å². The lowest BCUT2D eigenvalue weighted by Crippen LogP contribution is -2.28. The monoisotopic (exact) mass is 457 g/mol. The maximum absolute atomic E-state index is 12.9. The van der Waals surface area contributed by atoms with Crippen molar-refractivity contribution in [2.45, 2.75) is 25.3 Å². The molecule has 2 N–H and O–H groups in total. The van der Waals surface area contributed by atoms with E-state index in [2.05, 4.69) is 10.6 Å². The van der Waals surface area contributed by atoms with Gasteiger partial charge in [-0.15, -0.1) is 0 Å². The molecule has 3 amide bonds. The van der Waals surface area contributed by atoms with Gasteiger partial charge in [-0.05, 0) is 37.1 Å². The van der Waals surface area contributed by atoms with Crippen molar-refractivity contribution in [3.63, 3.8) is 0 Å². The van der Waals surface area contributed by atoms with Gasteiger partial charge in [-0.2, -0.15) is 0 Å². The van der Waals surface area contributed by atoms with E-state index in [0.29, 0.717) is 33.5 Å². The number of hydrogen-bond acceptors (Lipinski definition) is 5. The molecule has 1 saturated carbocycles. The Morgan fingerprint density at radius 2 is 1.84 bits per heavy atom. The first kappa shape index (κ1) is 22.0. The molecular formula is C23H24ClN3O5. The Hall–Kier alpha value is -3.26. The molecule has 1 aliphatic carbocycles. The number of nitrogens with zero attached hydrogens (tertiary/aromatic N) is 1. The Morgan fingerprint density at radius 1 is 1.09 bits per heavy atom. The van der Waals surface area contributed by atoms with Crippen molar-refractivity contribution in [1.29, 1.82) is 0 Å². The molecule has 8 nitrogen and oxygen atoms in total. The third-order valence-corrected chi connectivity index (χ3v) is 5.84. The van der Waals surface area contributed by atoms with E-state index in [1.807, 2.05) is 0 Å². The summed E-state index contributed by atoms with van der Waals surface area (Å²) in [5.41, 5.74) is 1.48. The molecule has 4 rings (SSSR count). The van der Waals surface area contributed by atoms with Crippen molar-refractivity contribution in [1.82, 2.24) is 5.32 Å². The number of methoxy groups -OCH3 is 2. The van der Waals surface area contributed by atoms with Gasteiger partial charge in [0.05, 0.1) is 30.8 Å². The topological polar surface area (TPSA) is 97.0 Å². The van der Waals surface area contributed by atoms with Crippen LogP contribution in [0.15, 0.2) is 36.4 Å². The van der Waals surface area contributed by atoms with Gasteiger partial charge in [0.2, 0.25) is 11.8 Å². The molecule has 168 valence electrons. The van der Waals surface area contributed by atoms with Gasteiger partial charge in [-0.25, -0.2) is 0 Å². The molecule has 2 aliphatic rings. The van der Waals surface area contributed by atoms with Crippen molar-refractivity contribution in [2.75, 3.05) is 31.0 Å². The molecular weight excluding hydrogens is 434 g/mol. The molecule has 1 atom stereocenters. The Labute approximate surface area is 190 Å². The van der Waals surface area contributed by atoms with Crippen molar-refractivity contribution in [2.24, 2.45) is 5.92 Å². The molecule has 2 aromatic rings. The van der Waals surface area contributed by atoms with E-state index in [-0.39, 0.29) is 36.7 Å². The summed E-state index contributed by atoms with van der Waals surface area (Å²) >= 11 is 6.24. The van der Waals surface area contributed by atoms with Gasteiger partial charge in [0, 0.05) is 36.3 Å². The molecule has 2 aromatic carbocycles. The fourth-order valence-electron chi connectivity index (χ4n) is 3.65. The molecule has 32 heavy (non-hydrogen) atoms. The van der Waals surface area contributed by atoms with Crippen LogP contribution in [0, 0.1) is 5.92 Å². The Morgan fingerprint density at radius 3 is 2.53 bits per heavy atom. The predicted molar refractivity (Wildman–Crippen MR) is 121 cm³/mol. The minimum atomic E-state index is -0.558. The van der Waals surface area contributed by atoms with Crippen LogP contribution in [0.2, 0.25) is 5.02 Å². The second-order valence-electron chi connectivity index (χ2n) is 7.88. The summed E-state index contributed by atoms with van der Waals surface area (Å²) in [6.07, 6.45) is 2.05. The first-order valence-corrected chi connectivity index (χ1v) is 10.7. The molecule has 0 bridgehead atoms. The quantitative estimate of drug-likeness (QED) is 0.665. The Balaban J connectivity index is 1.46. The second-order valence-corrected chi connectivity index (χ2v) is 8.29. The minimum Gasteiger partial charge on any atom is -0.495 e. The molecule has 1 saturated heterocycles. The number of benzene rings is 2. The molecule has 2 fully saturated rings. The van der Waals surface area contributed by atoms with E-state index in [1.54, 1.807) is 36.4 Å². The molecule has 0 radical (unpaired) electrons. The van der Waals surface area contributed by atoms with Crippen LogP contribution in [-0.2, 0) is 9.59 Å². The van der Waals surface area contributed by atoms with Crippen molar-refractivity contribution >= 4 is 40.7 Å². The summed E-state index contributed by atoms with van der Waals surface area (Å²) in [6.45, 7) is 0.186. The van der Waals surface area contributed by atoms with E-state index in [4.69, 9.17) is 21.1 Å². The maximum atomic E-state index is 12.9. The number of rotatable bonds is 7. The van der Waals surface area contributed by atoms with Gasteiger partial charge < -0.3 is 25.0 Å². The van der Waals surface area contributed by atoms with E-state index in [9.17, 15) is 14.4 Å². The molecule has 0 unspecified atom stereocenters. The summed E-state index contributed by atoms with van der Waals surface area (Å²) < 4.78 is 10.6. The van der Waals surface area contributed by atoms with Crippen LogP contribution in [0.3, 0.4) is 0 Å². The average molecular weight is 458 g/mol. The maximum Gasteiger partial charge on any atom is 0.251 e. The van der Waals surface area contributed by atoms with Gasteiger partial charge in [0.25, 0.3) is 5.91 Å². The van der Waals surface area contributed by atoms with Crippen LogP contribution in [-0.4, -0.2) is 44.5 Å². The summed E-state index contributed by atoms with van der Waals surface area (Å²) in [7, 11) is 2.98. The second kappa shape index (κ2) is 9.08. The minimum absolute atomic E-state index is 0.0560. The zero-order valence-corrected chi connectivity index (χ0v) is 18.6. The first-order chi connectivity index (χ1) is 15.4. The lowest BCUT2D eigenvalue weighted by atomic mass is 10.1. The molecule has 1 aliphatic heterocycles. The van der Waals surface area contributed by atoms with Crippen LogP contribution in [0.1, 0.15) is 29.6 Å². The molecule has 9 heteroatoms. The molecule has 0 spiro atoms. The number of amides is 3. The summed E-state index contributed by atoms with van der Waals surface area (Å²) in [6, 6.07) is 10.2. The summed E-state index contributed by atoms with van der Waals surface area (Å²) in [5, 5.41) is 6.09. The standard InChI is InChI=1S/C23H24ClN3O5/c1-31-19-11-20(32-2)18(10-17(19)24)27-12-14(9-21(27)28)23(30)26-16-5-3-4-13(8-16)22(29)25-15-6-7-15/h3-5,8,10-11,14-15H,6-7,9,12H2,1-2H3,(H,25,29)(H,26,30)/t14-/m1/s1. The van der Waals surface area contributed by atoms with E-state index >= 15 is 0 Å². The number of anilines is 2. The van der Waals surface area contributed by atoms with Gasteiger partial charge in [0.1, 0.15) is 11.5 Å². The number of nitrogens with one attached hydrogen (secondary N) is 2. The van der Waals surface area contributed by atoms with E-state index < -0.39 is 5.92 Å². The van der Waals surface area contributed by atoms with Gasteiger partial charge >= 0.3 is 0 Å². The highest BCUT2D eigenvalue weighted by Gasteiger charge is 2.37. The van der Waals surface area contributed by atoms with Crippen LogP contribution in [0.4, 0.5) is 11.4 Å². The van der Waals surface area contributed by atoms with Gasteiger partial charge in [-0.3, -0.25) is 14.4 Å². The van der Waals surface area contributed by atoms with Gasteiger partial charge in [0.15, 0.2) is 0 Å². The fourth-order valence-corrected chi connectivity index (χ4v) is 3.89. The highest BCUT2D eigenvalue weighted by atomic mass is 35.5. The van der Waals surface area contributed by atoms with Crippen molar-refractivity contribution in [3.05, 3.63) is 47.0 Å². The number of carbonyl (C=O) groups excluding carboxylic acids is 3. The zero-order chi connectivity index (χ0) is 22.8. The zero-order valence-electron chi connectivity index (χ0n) is 17.8. The summed E-state index contributed by atoms with van der Waals surface area (Å²) in [5.74, 6) is -0.360. The molecule has 1 heterocycles. The number of hydrogen-bond donors (Lipinski definition) is 2. The fraction of sp³-hybridized carbons (Fsp3) is 0.348. The van der Waals surface area contributed by atoms with Crippen molar-refractivity contribution in [3.8, 4) is 11.5 Å². The smallest absolute Gasteiger partial charge is 0.251 e. The van der Waals surface area contributed by atoms with E-state index in [0.717, 1.165) is 12.8 Å². The Bertz CT molecular complexity index is 1070. The van der Waals surface area contributed by atoms with Crippen LogP contribution in [0.25, 0.3) is 0 Å². The lowest BCUT2D eigenvalue weighted by Gasteiger charge is -2.21. The SMILES string of the molecule is COc1cc(OC)c(N2C[C@H](C(=O)Nc3cccc(C(=O)NC4CC4)c3)CC2=O)cc1Cl. The number of ether oxygens (including phenoxy) is 2. The highest BCUT2D eigenvalue weighted by Crippen LogP contribution is 2.40. The largest absolute Gasteiger partial charge is 0.495 e. The van der Waals surface area contributed by atoms with Crippen LogP contribution in [0.5, 0.6) is 11.5 Å². The lowest BCUT2D eigenvalue weighted by molar-refractivity contribution is -0.122. The predicted octanol–water partition coefficient (Wildman–Crippen LogP) is 3.24. The average Bonchev–Trinajstić information content (AvgIpc) is 3.51. The van der Waals surface area contributed by atoms with E-state index in [1.165, 1.54) is 19.1 Å². The summed E-state index contributed by atoms with van der Waals surface area (Å²) in [4.78, 5) is 39.3. The van der Waals surface area contributed by atoms with Crippen molar-refractivity contribution < 1.29 is 23.9 Å². The third kappa shape index (κ3) is 4.65. The normalized spacial score (nSPS) is 17.8. The first-order valence-electron chi connectivity index (χ1n) is 10.3. The Kier molecular flexibility index (Phi) is 6.23. The molecule has 0 aromatic heterocycles. The highest BCUT2D eigenvalue weighted by molar-refractivity contribution is 6.32. The van der Waals surface area contributed by atoms with Crippen LogP contribution < -0.4 is 25.0 Å². The van der Waals surface area contributed by atoms with Gasteiger partial charge in [-0.1, -0.05) is 17.7 Å².